The minimum atomic E-state index is -1.97. The number of aliphatic hydroxyl groups is 1. The Labute approximate surface area is 257 Å². The third kappa shape index (κ3) is 3.12. The summed E-state index contributed by atoms with van der Waals surface area (Å²) in [5.41, 5.74) is 5.87. The molecule has 8 heteroatoms. The van der Waals surface area contributed by atoms with Gasteiger partial charge in [0.15, 0.2) is 6.23 Å². The van der Waals surface area contributed by atoms with Crippen LogP contribution >= 0.6 is 11.3 Å². The van der Waals surface area contributed by atoms with E-state index in [1.807, 2.05) is 6.08 Å². The molecule has 10 rings (SSSR count). The van der Waals surface area contributed by atoms with E-state index in [4.69, 9.17) is 0 Å². The molecule has 4 bridgehead atoms. The van der Waals surface area contributed by atoms with E-state index in [1.165, 1.54) is 81.9 Å². The molecule has 3 aromatic rings. The molecule has 2 aromatic carbocycles. The van der Waals surface area contributed by atoms with E-state index >= 15 is 0 Å². The van der Waals surface area contributed by atoms with Gasteiger partial charge in [0.1, 0.15) is 13.1 Å². The lowest BCUT2D eigenvalue weighted by Crippen LogP contribution is -2.62. The van der Waals surface area contributed by atoms with Crippen LogP contribution in [0.25, 0.3) is 6.08 Å². The zero-order chi connectivity index (χ0) is 29.6. The lowest BCUT2D eigenvalue weighted by molar-refractivity contribution is -0.128. The first-order chi connectivity index (χ1) is 20.6. The number of carbonyl (C=O) groups is 2. The van der Waals surface area contributed by atoms with Crippen LogP contribution in [-0.4, -0.2) is 55.2 Å². The van der Waals surface area contributed by atoms with Crippen molar-refractivity contribution in [2.24, 2.45) is 23.7 Å². The molecule has 4 saturated carbocycles. The molecule has 1 saturated heterocycles. The fraction of sp³-hybridized carbons (Fsp3) is 0.429. The summed E-state index contributed by atoms with van der Waals surface area (Å²) in [6, 6.07) is 18.0. The van der Waals surface area contributed by atoms with Crippen LogP contribution in [0.3, 0.4) is 0 Å². The van der Waals surface area contributed by atoms with Gasteiger partial charge in [-0.1, -0.05) is 49.5 Å². The number of anilines is 3. The summed E-state index contributed by atoms with van der Waals surface area (Å²) in [6.07, 6.45) is 7.19. The summed E-state index contributed by atoms with van der Waals surface area (Å²) in [5, 5.41) is 15.3. The molecule has 43 heavy (non-hydrogen) atoms. The second kappa shape index (κ2) is 8.49. The largest absolute Gasteiger partial charge is 0.369 e. The van der Waals surface area contributed by atoms with E-state index in [9.17, 15) is 14.7 Å². The van der Waals surface area contributed by atoms with Gasteiger partial charge in [-0.3, -0.25) is 14.6 Å². The number of aliphatic hydroxyl groups excluding tert-OH is 1. The van der Waals surface area contributed by atoms with Gasteiger partial charge in [-0.2, -0.15) is 0 Å². The van der Waals surface area contributed by atoms with Gasteiger partial charge in [-0.15, -0.1) is 11.3 Å². The van der Waals surface area contributed by atoms with Crippen molar-refractivity contribution in [2.75, 3.05) is 19.0 Å². The number of thiophene rings is 1. The molecular weight excluding hydrogens is 571 g/mol. The van der Waals surface area contributed by atoms with Crippen LogP contribution in [0.4, 0.5) is 21.2 Å². The Hall–Kier alpha value is -3.20. The molecule has 4 aliphatic carbocycles. The summed E-state index contributed by atoms with van der Waals surface area (Å²) in [6.45, 7) is 5.01. The van der Waals surface area contributed by atoms with Gasteiger partial charge < -0.3 is 10.0 Å². The quantitative estimate of drug-likeness (QED) is 0.288. The number of para-hydroxylation sites is 2. The van der Waals surface area contributed by atoms with E-state index in [0.29, 0.717) is 11.8 Å². The average Bonchev–Trinajstić information content (AvgIpc) is 3.42. The van der Waals surface area contributed by atoms with Gasteiger partial charge in [-0.05, 0) is 95.5 Å². The van der Waals surface area contributed by atoms with Crippen LogP contribution < -0.4 is 15.3 Å². The van der Waals surface area contributed by atoms with Crippen LogP contribution in [0.2, 0.25) is 13.1 Å². The highest BCUT2D eigenvalue weighted by atomic mass is 32.1. The maximum Gasteiger partial charge on any atom is 0.328 e. The molecule has 6 nitrogen and oxygen atoms in total. The molecule has 3 aliphatic heterocycles. The van der Waals surface area contributed by atoms with Crippen LogP contribution in [0, 0.1) is 23.7 Å². The van der Waals surface area contributed by atoms with Crippen molar-refractivity contribution >= 4 is 64.2 Å². The van der Waals surface area contributed by atoms with Gasteiger partial charge in [0.05, 0.1) is 11.3 Å². The number of urea groups is 1. The number of likely N-dealkylation sites (N-methyl/N-ethyl adjacent to an activating group) is 2. The van der Waals surface area contributed by atoms with Crippen molar-refractivity contribution in [3.8, 4) is 0 Å². The molecule has 1 atom stereocenters. The monoisotopic (exact) mass is 607 g/mol. The van der Waals surface area contributed by atoms with Crippen molar-refractivity contribution in [1.82, 2.24) is 9.80 Å². The highest BCUT2D eigenvalue weighted by molar-refractivity contribution is 7.17. The normalized spacial score (nSPS) is 33.7. The summed E-state index contributed by atoms with van der Waals surface area (Å²) in [7, 11) is 1.06. The van der Waals surface area contributed by atoms with Crippen molar-refractivity contribution in [3.63, 3.8) is 0 Å². The second-order valence-electron chi connectivity index (χ2n) is 14.5. The summed E-state index contributed by atoms with van der Waals surface area (Å²) in [4.78, 5) is 31.6. The maximum absolute atomic E-state index is 13.3. The first-order valence-corrected chi connectivity index (χ1v) is 19.6. The van der Waals surface area contributed by atoms with Crippen LogP contribution in [0.1, 0.15) is 48.1 Å². The average molecular weight is 608 g/mol. The third-order valence-corrected chi connectivity index (χ3v) is 16.7. The van der Waals surface area contributed by atoms with Crippen molar-refractivity contribution in [2.45, 2.75) is 56.8 Å². The number of hydrogen-bond acceptors (Lipinski definition) is 5. The lowest BCUT2D eigenvalue weighted by atomic mass is 9.41. The number of nitrogens with zero attached hydrogens (tertiary/aromatic N) is 3. The van der Waals surface area contributed by atoms with Crippen LogP contribution in [-0.2, 0) is 10.2 Å². The Balaban J connectivity index is 1.32. The predicted molar refractivity (Wildman–Crippen MR) is 173 cm³/mol. The molecule has 3 amide bonds. The van der Waals surface area contributed by atoms with Gasteiger partial charge in [0, 0.05) is 30.1 Å². The summed E-state index contributed by atoms with van der Waals surface area (Å²) in [5.74, 6) is 2.49. The molecule has 1 spiro atoms. The van der Waals surface area contributed by atoms with Crippen LogP contribution in [0.15, 0.2) is 54.1 Å². The molecule has 4 heterocycles. The van der Waals surface area contributed by atoms with E-state index < -0.39 is 26.2 Å². The van der Waals surface area contributed by atoms with Gasteiger partial charge in [0.25, 0.3) is 5.91 Å². The first kappa shape index (κ1) is 26.2. The Morgan fingerprint density at radius 2 is 1.58 bits per heavy atom. The Kier molecular flexibility index (Phi) is 5.18. The molecule has 220 valence electrons. The zero-order valence-corrected chi connectivity index (χ0v) is 26.9. The highest BCUT2D eigenvalue weighted by Gasteiger charge is 2.63. The molecule has 5 fully saturated rings. The number of hydrogen-bond donors (Lipinski definition) is 1. The highest BCUT2D eigenvalue weighted by Crippen LogP contribution is 2.70. The van der Waals surface area contributed by atoms with Crippen LogP contribution in [0.5, 0.6) is 0 Å². The van der Waals surface area contributed by atoms with Gasteiger partial charge in [-0.25, -0.2) is 4.79 Å². The Bertz CT molecular complexity index is 1760. The van der Waals surface area contributed by atoms with E-state index in [2.05, 4.69) is 66.5 Å². The molecule has 0 radical (unpaired) electrons. The number of amides is 3. The maximum atomic E-state index is 13.3. The number of fused-ring (bicyclic) bond motifs is 4. The standard InChI is InChI=1S/C35H37N3O3SSi/c1-36-31(39)24(32(40)37(2)34(36)41)17-23-18-26-33(42-23)38-27-9-5-6-10-28(27)43(3,4)29-11-7-8-25(30(29)38)35(26)21-13-19-12-20(15-21)16-22(35)14-19/h5-11,17-22,31,39H,12-16H2,1-4H3/b24-17+. The third-order valence-electron chi connectivity index (χ3n) is 12.1. The topological polar surface area (TPSA) is 64.1 Å². The first-order valence-electron chi connectivity index (χ1n) is 15.7. The number of rotatable bonds is 1. The van der Waals surface area contributed by atoms with E-state index in [-0.39, 0.29) is 11.0 Å². The van der Waals surface area contributed by atoms with Crippen molar-refractivity contribution in [3.05, 3.63) is 70.1 Å². The van der Waals surface area contributed by atoms with E-state index in [0.717, 1.165) is 21.6 Å². The molecule has 1 N–H and O–H groups in total. The second-order valence-corrected chi connectivity index (χ2v) is 19.8. The minimum absolute atomic E-state index is 0.0344. The van der Waals surface area contributed by atoms with Gasteiger partial charge >= 0.3 is 6.03 Å². The number of imide groups is 1. The molecular formula is C35H37N3O3SSi. The zero-order valence-electron chi connectivity index (χ0n) is 25.1. The summed E-state index contributed by atoms with van der Waals surface area (Å²) >= 11 is 1.74. The van der Waals surface area contributed by atoms with Gasteiger partial charge in [0.2, 0.25) is 0 Å². The molecule has 1 aromatic heterocycles. The SMILES string of the molecule is CN1C(=O)/C(=C/c2cc3c(s2)N2c4ccccc4[Si](C)(C)c4cccc(c42)C32C3CC4CC(C3)CC2C4)C(O)N(C)C1=O. The van der Waals surface area contributed by atoms with E-state index in [1.54, 1.807) is 18.4 Å². The number of benzene rings is 2. The smallest absolute Gasteiger partial charge is 0.328 e. The predicted octanol–water partition coefficient (Wildman–Crippen LogP) is 5.64. The van der Waals surface area contributed by atoms with Crippen molar-refractivity contribution in [1.29, 1.82) is 0 Å². The Morgan fingerprint density at radius 3 is 2.30 bits per heavy atom. The van der Waals surface area contributed by atoms with Crippen molar-refractivity contribution < 1.29 is 14.7 Å². The minimum Gasteiger partial charge on any atom is -0.369 e. The molecule has 1 unspecified atom stereocenters. The molecule has 7 aliphatic rings. The summed E-state index contributed by atoms with van der Waals surface area (Å²) < 4.78 is 0. The number of carbonyl (C=O) groups excluding carboxylic acids is 2. The fourth-order valence-corrected chi connectivity index (χ4v) is 14.6. The lowest BCUT2D eigenvalue weighted by Gasteiger charge is -2.64. The Morgan fingerprint density at radius 1 is 0.907 bits per heavy atom. The fourth-order valence-electron chi connectivity index (χ4n) is 10.4.